The minimum atomic E-state index is -0.618. The lowest BCUT2D eigenvalue weighted by Gasteiger charge is -2.19. The first-order valence-corrected chi connectivity index (χ1v) is 4.83. The van der Waals surface area contributed by atoms with Gasteiger partial charge in [0, 0.05) is 5.56 Å². The van der Waals surface area contributed by atoms with E-state index in [1.54, 1.807) is 0 Å². The van der Waals surface area contributed by atoms with Gasteiger partial charge in [-0.15, -0.1) is 0 Å². The van der Waals surface area contributed by atoms with Crippen LogP contribution in [0.15, 0.2) is 11.1 Å². The molecule has 0 saturated carbocycles. The summed E-state index contributed by atoms with van der Waals surface area (Å²) in [4.78, 5) is 13.5. The smallest absolute Gasteiger partial charge is 0.240 e. The first-order valence-electron chi connectivity index (χ1n) is 4.45. The molecule has 1 aromatic carbocycles. The minimum Gasteiger partial charge on any atom is -0.492 e. The van der Waals surface area contributed by atoms with Crippen molar-refractivity contribution in [3.05, 3.63) is 22.5 Å². The van der Waals surface area contributed by atoms with Crippen LogP contribution in [-0.2, 0) is 11.2 Å². The maximum absolute atomic E-state index is 13.4. The van der Waals surface area contributed by atoms with E-state index in [9.17, 15) is 9.18 Å². The third-order valence-corrected chi connectivity index (χ3v) is 2.51. The van der Waals surface area contributed by atoms with Gasteiger partial charge in [0.1, 0.15) is 11.4 Å². The second-order valence-electron chi connectivity index (χ2n) is 3.15. The van der Waals surface area contributed by atoms with Crippen LogP contribution in [0.1, 0.15) is 12.0 Å². The second-order valence-corrected chi connectivity index (χ2v) is 3.56. The van der Waals surface area contributed by atoms with Crippen LogP contribution in [0.4, 0.5) is 10.1 Å². The van der Waals surface area contributed by atoms with Crippen molar-refractivity contribution in [2.75, 3.05) is 6.61 Å². The van der Waals surface area contributed by atoms with E-state index in [-0.39, 0.29) is 10.7 Å². The normalized spacial score (nSPS) is 13.7. The van der Waals surface area contributed by atoms with Crippen molar-refractivity contribution in [2.45, 2.75) is 12.8 Å². The van der Waals surface area contributed by atoms with Crippen molar-refractivity contribution in [3.8, 4) is 5.75 Å². The monoisotopic (exact) mass is 227 g/mol. The fraction of sp³-hybridized carbons (Fsp3) is 0.300. The third kappa shape index (κ3) is 1.74. The van der Waals surface area contributed by atoms with E-state index in [0.717, 1.165) is 12.5 Å². The molecule has 0 unspecified atom stereocenters. The Hall–Kier alpha value is -1.38. The molecule has 3 nitrogen and oxygen atoms in total. The minimum absolute atomic E-state index is 0.0101. The van der Waals surface area contributed by atoms with Crippen LogP contribution in [0.3, 0.4) is 0 Å². The van der Waals surface area contributed by atoms with Gasteiger partial charge in [-0.2, -0.15) is 4.99 Å². The molecule has 0 fully saturated rings. The molecule has 0 radical (unpaired) electrons. The average molecular weight is 228 g/mol. The van der Waals surface area contributed by atoms with Gasteiger partial charge >= 0.3 is 0 Å². The maximum Gasteiger partial charge on any atom is 0.240 e. The highest BCUT2D eigenvalue weighted by molar-refractivity contribution is 6.32. The largest absolute Gasteiger partial charge is 0.492 e. The number of fused-ring (bicyclic) bond motifs is 1. The summed E-state index contributed by atoms with van der Waals surface area (Å²) >= 11 is 5.81. The molecule has 15 heavy (non-hydrogen) atoms. The molecular weight excluding hydrogens is 221 g/mol. The summed E-state index contributed by atoms with van der Waals surface area (Å²) < 4.78 is 18.7. The van der Waals surface area contributed by atoms with Gasteiger partial charge in [-0.25, -0.2) is 9.18 Å². The molecule has 0 amide bonds. The summed E-state index contributed by atoms with van der Waals surface area (Å²) in [5.74, 6) is -0.189. The van der Waals surface area contributed by atoms with Crippen LogP contribution in [0.2, 0.25) is 5.02 Å². The number of carbonyl (C=O) groups excluding carboxylic acids is 1. The Labute approximate surface area is 90.5 Å². The van der Waals surface area contributed by atoms with E-state index in [4.69, 9.17) is 16.3 Å². The van der Waals surface area contributed by atoms with Crippen molar-refractivity contribution < 1.29 is 13.9 Å². The zero-order valence-corrected chi connectivity index (χ0v) is 8.47. The van der Waals surface area contributed by atoms with Crippen LogP contribution in [0, 0.1) is 5.82 Å². The van der Waals surface area contributed by atoms with Crippen molar-refractivity contribution in [3.63, 3.8) is 0 Å². The van der Waals surface area contributed by atoms with Crippen LogP contribution in [-0.4, -0.2) is 12.7 Å². The van der Waals surface area contributed by atoms with Gasteiger partial charge in [0.05, 0.1) is 11.6 Å². The third-order valence-electron chi connectivity index (χ3n) is 2.23. The van der Waals surface area contributed by atoms with Crippen LogP contribution < -0.4 is 4.74 Å². The van der Waals surface area contributed by atoms with Gasteiger partial charge in [0.25, 0.3) is 0 Å². The van der Waals surface area contributed by atoms with E-state index in [1.807, 2.05) is 0 Å². The molecule has 0 N–H and O–H groups in total. The maximum atomic E-state index is 13.4. The molecule has 1 aromatic rings. The molecule has 0 atom stereocenters. The highest BCUT2D eigenvalue weighted by Gasteiger charge is 2.21. The van der Waals surface area contributed by atoms with Gasteiger partial charge < -0.3 is 4.74 Å². The second kappa shape index (κ2) is 4.01. The number of benzene rings is 1. The van der Waals surface area contributed by atoms with Crippen LogP contribution >= 0.6 is 11.6 Å². The fourth-order valence-corrected chi connectivity index (χ4v) is 1.88. The molecule has 1 aliphatic rings. The van der Waals surface area contributed by atoms with Crippen molar-refractivity contribution in [2.24, 2.45) is 4.99 Å². The highest BCUT2D eigenvalue weighted by Crippen LogP contribution is 2.40. The fourth-order valence-electron chi connectivity index (χ4n) is 1.62. The van der Waals surface area contributed by atoms with Crippen molar-refractivity contribution in [1.29, 1.82) is 0 Å². The number of hydrogen-bond acceptors (Lipinski definition) is 3. The van der Waals surface area contributed by atoms with E-state index in [0.29, 0.717) is 24.3 Å². The summed E-state index contributed by atoms with van der Waals surface area (Å²) in [6.07, 6.45) is 2.69. The lowest BCUT2D eigenvalue weighted by molar-refractivity contribution is 0.288. The van der Waals surface area contributed by atoms with E-state index in [1.165, 1.54) is 6.08 Å². The average Bonchev–Trinajstić information content (AvgIpc) is 2.24. The number of nitrogens with zero attached hydrogens (tertiary/aromatic N) is 1. The van der Waals surface area contributed by atoms with E-state index >= 15 is 0 Å². The standard InChI is InChI=1S/C10H7ClFNO2/c11-7-4-8(12)9(13-5-14)6-2-1-3-15-10(6)7/h4H,1-3H2. The molecule has 0 bridgehead atoms. The van der Waals surface area contributed by atoms with E-state index < -0.39 is 5.82 Å². The van der Waals surface area contributed by atoms with Crippen LogP contribution in [0.5, 0.6) is 5.75 Å². The number of halogens is 2. The predicted octanol–water partition coefficient (Wildman–Crippen LogP) is 2.77. The Morgan fingerprint density at radius 2 is 2.40 bits per heavy atom. The summed E-state index contributed by atoms with van der Waals surface area (Å²) in [5.41, 5.74) is 0.540. The molecule has 5 heteroatoms. The Morgan fingerprint density at radius 1 is 1.60 bits per heavy atom. The summed E-state index contributed by atoms with van der Waals surface area (Å²) in [5, 5.41) is 0.215. The zero-order chi connectivity index (χ0) is 10.8. The molecule has 0 spiro atoms. The topological polar surface area (TPSA) is 38.7 Å². The number of rotatable bonds is 1. The Kier molecular flexibility index (Phi) is 2.71. The molecule has 0 saturated heterocycles. The van der Waals surface area contributed by atoms with Crippen molar-refractivity contribution >= 4 is 23.4 Å². The summed E-state index contributed by atoms with van der Waals surface area (Å²) in [7, 11) is 0. The van der Waals surface area contributed by atoms with Crippen LogP contribution in [0.25, 0.3) is 0 Å². The van der Waals surface area contributed by atoms with Gasteiger partial charge in [0.15, 0.2) is 5.82 Å². The first-order chi connectivity index (χ1) is 7.24. The van der Waals surface area contributed by atoms with Gasteiger partial charge in [-0.3, -0.25) is 0 Å². The predicted molar refractivity (Wildman–Crippen MR) is 53.0 cm³/mol. The number of hydrogen-bond donors (Lipinski definition) is 0. The molecule has 0 aromatic heterocycles. The number of isocyanates is 1. The molecular formula is C10H7ClFNO2. The van der Waals surface area contributed by atoms with E-state index in [2.05, 4.69) is 4.99 Å². The SMILES string of the molecule is O=C=Nc1c(F)cc(Cl)c2c1CCCO2. The number of aliphatic imine (C=N–C) groups is 1. The summed E-state index contributed by atoms with van der Waals surface area (Å²) in [6.45, 7) is 0.544. The van der Waals surface area contributed by atoms with Gasteiger partial charge in [-0.05, 0) is 18.9 Å². The van der Waals surface area contributed by atoms with Gasteiger partial charge in [0.2, 0.25) is 6.08 Å². The summed E-state index contributed by atoms with van der Waals surface area (Å²) in [6, 6.07) is 1.10. The van der Waals surface area contributed by atoms with Gasteiger partial charge in [-0.1, -0.05) is 11.6 Å². The molecule has 0 aliphatic carbocycles. The Balaban J connectivity index is 2.68. The lowest BCUT2D eigenvalue weighted by atomic mass is 10.0. The number of ether oxygens (including phenoxy) is 1. The Bertz CT molecular complexity index is 455. The molecule has 2 rings (SSSR count). The van der Waals surface area contributed by atoms with Crippen molar-refractivity contribution in [1.82, 2.24) is 0 Å². The highest BCUT2D eigenvalue weighted by atomic mass is 35.5. The zero-order valence-electron chi connectivity index (χ0n) is 7.72. The molecule has 78 valence electrons. The Morgan fingerprint density at radius 3 is 3.13 bits per heavy atom. The quantitative estimate of drug-likeness (QED) is 0.547. The lowest BCUT2D eigenvalue weighted by Crippen LogP contribution is -2.09. The molecule has 1 heterocycles. The molecule has 1 aliphatic heterocycles. The first kappa shape index (κ1) is 10.1.